The second-order valence-corrected chi connectivity index (χ2v) is 15.1. The highest BCUT2D eigenvalue weighted by atomic mass is 28.4. The molecule has 1 nitrogen and oxygen atoms in total. The van der Waals surface area contributed by atoms with Crippen LogP contribution in [0.4, 0.5) is 0 Å². The molecule has 0 heterocycles. The first-order valence-electron chi connectivity index (χ1n) is 4.77. The lowest BCUT2D eigenvalue weighted by atomic mass is 11.1. The van der Waals surface area contributed by atoms with Gasteiger partial charge in [0.05, 0.1) is 8.07 Å². The lowest BCUT2D eigenvalue weighted by Crippen LogP contribution is -2.48. The average Bonchev–Trinajstić information content (AvgIpc) is 1.82. The Morgan fingerprint density at radius 1 is 1.00 bits per heavy atom. The van der Waals surface area contributed by atoms with Crippen molar-refractivity contribution in [3.63, 3.8) is 0 Å². The standard InChI is InChI=1S/C9H23NSi3/c1-9(13(6,7)8)10(11(2)3)12(4)5/h1H2,2-8H3. The molecule has 0 aromatic carbocycles. The molecule has 0 aromatic heterocycles. The molecular weight excluding hydrogens is 206 g/mol. The Kier molecular flexibility index (Phi) is 4.68. The zero-order valence-electron chi connectivity index (χ0n) is 10.2. The largest absolute Gasteiger partial charge is 0.433 e. The SMILES string of the molecule is C=C(N([Si](C)C)[Si](C)C)[Si](C)(C)C. The zero-order valence-corrected chi connectivity index (χ0v) is 13.2. The van der Waals surface area contributed by atoms with Gasteiger partial charge in [-0.25, -0.2) is 0 Å². The maximum atomic E-state index is 4.31. The Hall–Kier alpha value is 0.191. The maximum Gasteiger partial charge on any atom is 0.153 e. The number of hydrogen-bond acceptors (Lipinski definition) is 1. The Morgan fingerprint density at radius 2 is 1.31 bits per heavy atom. The first kappa shape index (κ1) is 13.2. The van der Waals surface area contributed by atoms with Crippen molar-refractivity contribution in [1.82, 2.24) is 4.23 Å². The summed E-state index contributed by atoms with van der Waals surface area (Å²) in [6, 6.07) is 0. The molecule has 0 aliphatic rings. The van der Waals surface area contributed by atoms with Gasteiger partial charge >= 0.3 is 0 Å². The van der Waals surface area contributed by atoms with Crippen molar-refractivity contribution < 1.29 is 0 Å². The predicted molar refractivity (Wildman–Crippen MR) is 69.3 cm³/mol. The van der Waals surface area contributed by atoms with Gasteiger partial charge in [0.15, 0.2) is 17.9 Å². The van der Waals surface area contributed by atoms with Crippen LogP contribution in [0.25, 0.3) is 0 Å². The second kappa shape index (κ2) is 4.61. The molecule has 0 N–H and O–H groups in total. The Balaban J connectivity index is 4.68. The summed E-state index contributed by atoms with van der Waals surface area (Å²) in [6.45, 7) is 20.9. The first-order chi connectivity index (χ1) is 5.68. The molecule has 2 radical (unpaired) electrons. The highest BCUT2D eigenvalue weighted by Gasteiger charge is 2.27. The second-order valence-electron chi connectivity index (χ2n) is 4.93. The number of rotatable bonds is 4. The van der Waals surface area contributed by atoms with E-state index in [0.717, 1.165) is 0 Å². The Labute approximate surface area is 88.2 Å². The fourth-order valence-electron chi connectivity index (χ4n) is 1.32. The van der Waals surface area contributed by atoms with Crippen LogP contribution < -0.4 is 0 Å². The van der Waals surface area contributed by atoms with Crippen LogP contribution in [0.5, 0.6) is 0 Å². The molecule has 13 heavy (non-hydrogen) atoms. The van der Waals surface area contributed by atoms with Crippen LogP contribution in [0, 0.1) is 0 Å². The van der Waals surface area contributed by atoms with Crippen molar-refractivity contribution in [1.29, 1.82) is 0 Å². The molecule has 0 fully saturated rings. The summed E-state index contributed by atoms with van der Waals surface area (Å²) < 4.78 is 2.65. The summed E-state index contributed by atoms with van der Waals surface area (Å²) >= 11 is 0. The van der Waals surface area contributed by atoms with E-state index >= 15 is 0 Å². The topological polar surface area (TPSA) is 3.24 Å². The molecule has 0 atom stereocenters. The third kappa shape index (κ3) is 3.83. The molecule has 0 rings (SSSR count). The molecule has 0 bridgehead atoms. The molecule has 0 amide bonds. The maximum absolute atomic E-state index is 4.31. The summed E-state index contributed by atoms with van der Waals surface area (Å²) in [4.78, 5) is 0. The lowest BCUT2D eigenvalue weighted by molar-refractivity contribution is 0.854. The first-order valence-corrected chi connectivity index (χ1v) is 13.2. The average molecular weight is 230 g/mol. The summed E-state index contributed by atoms with van der Waals surface area (Å²) in [5.74, 6) is 0. The predicted octanol–water partition coefficient (Wildman–Crippen LogP) is 3.18. The van der Waals surface area contributed by atoms with Gasteiger partial charge in [-0.2, -0.15) is 0 Å². The minimum absolute atomic E-state index is 0.340. The van der Waals surface area contributed by atoms with Gasteiger partial charge in [-0.05, 0) is 5.32 Å². The fourth-order valence-corrected chi connectivity index (χ4v) is 10.0. The van der Waals surface area contributed by atoms with Crippen LogP contribution in [-0.4, -0.2) is 30.2 Å². The van der Waals surface area contributed by atoms with E-state index in [4.69, 9.17) is 0 Å². The van der Waals surface area contributed by atoms with E-state index < -0.39 is 8.07 Å². The monoisotopic (exact) mass is 229 g/mol. The highest BCUT2D eigenvalue weighted by Crippen LogP contribution is 2.19. The summed E-state index contributed by atoms with van der Waals surface area (Å²) in [7, 11) is -1.85. The van der Waals surface area contributed by atoms with Gasteiger partial charge in [-0.3, -0.25) is 0 Å². The van der Waals surface area contributed by atoms with Gasteiger partial charge in [-0.1, -0.05) is 52.4 Å². The van der Waals surface area contributed by atoms with Crippen molar-refractivity contribution in [2.24, 2.45) is 0 Å². The van der Waals surface area contributed by atoms with Gasteiger partial charge in [0.25, 0.3) is 0 Å². The van der Waals surface area contributed by atoms with Gasteiger partial charge < -0.3 is 4.23 Å². The quantitative estimate of drug-likeness (QED) is 0.669. The molecule has 0 spiro atoms. The molecule has 0 aliphatic heterocycles. The minimum Gasteiger partial charge on any atom is -0.433 e. The van der Waals surface area contributed by atoms with Crippen molar-refractivity contribution in [2.45, 2.75) is 45.8 Å². The zero-order chi connectivity index (χ0) is 10.8. The van der Waals surface area contributed by atoms with Crippen LogP contribution in [0.3, 0.4) is 0 Å². The van der Waals surface area contributed by atoms with Crippen molar-refractivity contribution in [2.75, 3.05) is 0 Å². The molecule has 0 saturated heterocycles. The number of hydrogen-bond donors (Lipinski definition) is 0. The van der Waals surface area contributed by atoms with Crippen LogP contribution >= 0.6 is 0 Å². The van der Waals surface area contributed by atoms with Gasteiger partial charge in [0.2, 0.25) is 0 Å². The molecule has 0 aliphatic carbocycles. The normalized spacial score (nSPS) is 12.4. The Bertz CT molecular complexity index is 174. The third-order valence-corrected chi connectivity index (χ3v) is 9.44. The molecule has 0 aromatic rings. The van der Waals surface area contributed by atoms with Gasteiger partial charge in [-0.15, -0.1) is 0 Å². The fraction of sp³-hybridized carbons (Fsp3) is 0.778. The van der Waals surface area contributed by atoms with E-state index in [1.807, 2.05) is 0 Å². The van der Waals surface area contributed by atoms with E-state index in [9.17, 15) is 0 Å². The molecule has 4 heteroatoms. The molecule has 0 saturated carbocycles. The highest BCUT2D eigenvalue weighted by molar-refractivity contribution is 6.86. The lowest BCUT2D eigenvalue weighted by Gasteiger charge is -2.39. The molecular formula is C9H23NSi3. The minimum atomic E-state index is -1.17. The van der Waals surface area contributed by atoms with E-state index in [-0.39, 0.29) is 17.9 Å². The summed E-state index contributed by atoms with van der Waals surface area (Å²) in [6.07, 6.45) is 0. The summed E-state index contributed by atoms with van der Waals surface area (Å²) in [5, 5.41) is 1.46. The van der Waals surface area contributed by atoms with E-state index in [1.165, 1.54) is 5.32 Å². The van der Waals surface area contributed by atoms with E-state index in [0.29, 0.717) is 0 Å². The molecule has 76 valence electrons. The van der Waals surface area contributed by atoms with Crippen LogP contribution in [0.15, 0.2) is 11.9 Å². The van der Waals surface area contributed by atoms with Crippen molar-refractivity contribution in [3.05, 3.63) is 11.9 Å². The van der Waals surface area contributed by atoms with Crippen LogP contribution in [-0.2, 0) is 0 Å². The number of nitrogens with zero attached hydrogens (tertiary/aromatic N) is 1. The Morgan fingerprint density at radius 3 is 1.38 bits per heavy atom. The van der Waals surface area contributed by atoms with Crippen LogP contribution in [0.2, 0.25) is 45.8 Å². The van der Waals surface area contributed by atoms with Crippen molar-refractivity contribution in [3.8, 4) is 0 Å². The van der Waals surface area contributed by atoms with E-state index in [2.05, 4.69) is 56.6 Å². The van der Waals surface area contributed by atoms with Gasteiger partial charge in [0, 0.05) is 0 Å². The third-order valence-electron chi connectivity index (χ3n) is 2.03. The summed E-state index contributed by atoms with van der Waals surface area (Å²) in [5.41, 5.74) is 0. The van der Waals surface area contributed by atoms with Crippen LogP contribution in [0.1, 0.15) is 0 Å². The molecule has 0 unspecified atom stereocenters. The van der Waals surface area contributed by atoms with E-state index in [1.54, 1.807) is 0 Å². The van der Waals surface area contributed by atoms with Gasteiger partial charge in [0.1, 0.15) is 0 Å². The van der Waals surface area contributed by atoms with Crippen molar-refractivity contribution >= 4 is 26.0 Å². The smallest absolute Gasteiger partial charge is 0.153 e.